The van der Waals surface area contributed by atoms with Crippen LogP contribution in [0.3, 0.4) is 0 Å². The third-order valence-corrected chi connectivity index (χ3v) is 10.1. The van der Waals surface area contributed by atoms with Crippen LogP contribution in [0.5, 0.6) is 0 Å². The van der Waals surface area contributed by atoms with Crippen molar-refractivity contribution in [3.63, 3.8) is 0 Å². The molecule has 0 aliphatic rings. The molecule has 0 bridgehead atoms. The fourth-order valence-electron chi connectivity index (χ4n) is 2.84. The van der Waals surface area contributed by atoms with E-state index in [0.717, 1.165) is 15.9 Å². The number of halogens is 3. The SMILES string of the molecule is ClC(Cl)(Cl)[P+](c1ccccc1)(c1ccccc1)c1ccccc1. The van der Waals surface area contributed by atoms with E-state index >= 15 is 0 Å². The number of benzene rings is 3. The van der Waals surface area contributed by atoms with Gasteiger partial charge in [-0.15, -0.1) is 0 Å². The molecule has 0 unspecified atom stereocenters. The number of hydrogen-bond donors (Lipinski definition) is 0. The monoisotopic (exact) mass is 379 g/mol. The number of alkyl halides is 3. The zero-order valence-corrected chi connectivity index (χ0v) is 15.4. The van der Waals surface area contributed by atoms with Crippen LogP contribution < -0.4 is 15.9 Å². The van der Waals surface area contributed by atoms with Gasteiger partial charge >= 0.3 is 3.53 Å². The Bertz CT molecular complexity index is 656. The second-order valence-electron chi connectivity index (χ2n) is 5.15. The lowest BCUT2D eigenvalue weighted by molar-refractivity contribution is 1.63. The summed E-state index contributed by atoms with van der Waals surface area (Å²) < 4.78 is -1.45. The Balaban J connectivity index is 2.41. The van der Waals surface area contributed by atoms with Gasteiger partial charge in [-0.05, 0) is 71.2 Å². The second kappa shape index (κ2) is 6.83. The van der Waals surface area contributed by atoms with Gasteiger partial charge in [0.05, 0.1) is 0 Å². The summed E-state index contributed by atoms with van der Waals surface area (Å²) in [5, 5.41) is 3.16. The maximum Gasteiger partial charge on any atom is 0.313 e. The van der Waals surface area contributed by atoms with Gasteiger partial charge in [-0.2, -0.15) is 0 Å². The molecule has 0 aromatic heterocycles. The Kier molecular flexibility index (Phi) is 4.99. The molecule has 0 nitrogen and oxygen atoms in total. The molecule has 0 saturated carbocycles. The summed E-state index contributed by atoms with van der Waals surface area (Å²) in [6.45, 7) is 0. The fourth-order valence-corrected chi connectivity index (χ4v) is 9.11. The van der Waals surface area contributed by atoms with Crippen molar-refractivity contribution in [3.05, 3.63) is 91.0 Å². The van der Waals surface area contributed by atoms with E-state index in [1.807, 2.05) is 54.6 Å². The summed E-state index contributed by atoms with van der Waals surface area (Å²) in [4.78, 5) is 0. The highest BCUT2D eigenvalue weighted by molar-refractivity contribution is 8.00. The van der Waals surface area contributed by atoms with Gasteiger partial charge in [0.2, 0.25) is 0 Å². The molecule has 4 heteroatoms. The Morgan fingerprint density at radius 1 is 0.478 bits per heavy atom. The molecule has 0 spiro atoms. The molecule has 3 aromatic carbocycles. The van der Waals surface area contributed by atoms with Crippen LogP contribution in [-0.4, -0.2) is 3.53 Å². The summed E-state index contributed by atoms with van der Waals surface area (Å²) in [6, 6.07) is 30.2. The van der Waals surface area contributed by atoms with E-state index in [1.165, 1.54) is 0 Å². The van der Waals surface area contributed by atoms with Crippen LogP contribution in [-0.2, 0) is 0 Å². The zero-order chi connectivity index (χ0) is 16.3. The van der Waals surface area contributed by atoms with Crippen LogP contribution in [0, 0.1) is 0 Å². The molecule has 3 aromatic rings. The molecule has 0 saturated heterocycles. The lowest BCUT2D eigenvalue weighted by atomic mass is 10.4. The summed E-state index contributed by atoms with van der Waals surface area (Å²) in [7, 11) is -2.44. The second-order valence-corrected chi connectivity index (χ2v) is 11.8. The van der Waals surface area contributed by atoms with Crippen LogP contribution in [0.4, 0.5) is 0 Å². The Morgan fingerprint density at radius 3 is 0.957 bits per heavy atom. The minimum absolute atomic E-state index is 1.05. The molecular weight excluding hydrogens is 366 g/mol. The standard InChI is InChI=1S/C19H15Cl3P/c20-19(21,22)23(16-10-4-1-5-11-16,17-12-6-2-7-13-17)18-14-8-3-9-15-18/h1-15H/q+1. The van der Waals surface area contributed by atoms with Gasteiger partial charge in [0.1, 0.15) is 15.9 Å². The Labute approximate surface area is 152 Å². The maximum absolute atomic E-state index is 6.64. The number of hydrogen-bond acceptors (Lipinski definition) is 0. The molecule has 3 rings (SSSR count). The van der Waals surface area contributed by atoms with E-state index in [1.54, 1.807) is 0 Å². The van der Waals surface area contributed by atoms with Gasteiger partial charge in [-0.1, -0.05) is 54.6 Å². The van der Waals surface area contributed by atoms with Gasteiger partial charge in [0, 0.05) is 0 Å². The van der Waals surface area contributed by atoms with Crippen molar-refractivity contribution in [3.8, 4) is 0 Å². The zero-order valence-electron chi connectivity index (χ0n) is 12.2. The third kappa shape index (κ3) is 3.02. The molecule has 116 valence electrons. The summed E-state index contributed by atoms with van der Waals surface area (Å²) in [5.74, 6) is 0. The highest BCUT2D eigenvalue weighted by Crippen LogP contribution is 2.71. The first kappa shape index (κ1) is 16.8. The quantitative estimate of drug-likeness (QED) is 0.427. The van der Waals surface area contributed by atoms with E-state index in [2.05, 4.69) is 36.4 Å². The van der Waals surface area contributed by atoms with Crippen LogP contribution >= 0.6 is 42.1 Å². The molecule has 0 heterocycles. The van der Waals surface area contributed by atoms with Crippen molar-refractivity contribution in [1.82, 2.24) is 0 Å². The van der Waals surface area contributed by atoms with Gasteiger partial charge in [-0.3, -0.25) is 0 Å². The molecule has 0 N–H and O–H groups in total. The first-order valence-corrected chi connectivity index (χ1v) is 10.1. The van der Waals surface area contributed by atoms with Crippen LogP contribution in [0.15, 0.2) is 91.0 Å². The summed E-state index contributed by atoms with van der Waals surface area (Å²) >= 11 is 19.9. The molecular formula is C19H15Cl3P+. The third-order valence-electron chi connectivity index (χ3n) is 3.81. The predicted molar refractivity (Wildman–Crippen MR) is 105 cm³/mol. The first-order valence-electron chi connectivity index (χ1n) is 7.19. The highest BCUT2D eigenvalue weighted by Gasteiger charge is 2.61. The average molecular weight is 381 g/mol. The largest absolute Gasteiger partial charge is 0.313 e. The molecule has 0 amide bonds. The van der Waals surface area contributed by atoms with Crippen molar-refractivity contribution in [2.45, 2.75) is 3.53 Å². The van der Waals surface area contributed by atoms with E-state index in [9.17, 15) is 0 Å². The van der Waals surface area contributed by atoms with Gasteiger partial charge in [-0.25, -0.2) is 0 Å². The summed E-state index contributed by atoms with van der Waals surface area (Å²) in [6.07, 6.45) is 0. The van der Waals surface area contributed by atoms with E-state index < -0.39 is 10.8 Å². The number of rotatable bonds is 3. The van der Waals surface area contributed by atoms with Gasteiger partial charge in [0.25, 0.3) is 0 Å². The molecule has 0 aliphatic carbocycles. The van der Waals surface area contributed by atoms with Crippen molar-refractivity contribution in [2.24, 2.45) is 0 Å². The molecule has 23 heavy (non-hydrogen) atoms. The molecule has 0 fully saturated rings. The van der Waals surface area contributed by atoms with E-state index in [4.69, 9.17) is 34.8 Å². The van der Waals surface area contributed by atoms with E-state index in [0.29, 0.717) is 0 Å². The summed E-state index contributed by atoms with van der Waals surface area (Å²) in [5.41, 5.74) is 0. The van der Waals surface area contributed by atoms with E-state index in [-0.39, 0.29) is 0 Å². The minimum atomic E-state index is -2.44. The maximum atomic E-state index is 6.64. The van der Waals surface area contributed by atoms with Crippen LogP contribution in [0.2, 0.25) is 0 Å². The Morgan fingerprint density at radius 2 is 0.739 bits per heavy atom. The molecule has 0 aliphatic heterocycles. The van der Waals surface area contributed by atoms with Crippen LogP contribution in [0.25, 0.3) is 0 Å². The van der Waals surface area contributed by atoms with Crippen molar-refractivity contribution in [2.75, 3.05) is 0 Å². The predicted octanol–water partition coefficient (Wildman–Crippen LogP) is 5.31. The van der Waals surface area contributed by atoms with Gasteiger partial charge in [0.15, 0.2) is 7.26 Å². The minimum Gasteiger partial charge on any atom is -0.0620 e. The van der Waals surface area contributed by atoms with Crippen LogP contribution in [0.1, 0.15) is 0 Å². The first-order chi connectivity index (χ1) is 11.1. The smallest absolute Gasteiger partial charge is 0.0620 e. The van der Waals surface area contributed by atoms with Crippen molar-refractivity contribution >= 4 is 58.0 Å². The average Bonchev–Trinajstić information content (AvgIpc) is 2.57. The topological polar surface area (TPSA) is 0 Å². The normalized spacial score (nSPS) is 12.1. The Hall–Kier alpha value is -1.04. The highest BCUT2D eigenvalue weighted by atomic mass is 35.6. The van der Waals surface area contributed by atoms with Crippen molar-refractivity contribution in [1.29, 1.82) is 0 Å². The van der Waals surface area contributed by atoms with Gasteiger partial charge < -0.3 is 0 Å². The lowest BCUT2D eigenvalue weighted by Gasteiger charge is -2.32. The fraction of sp³-hybridized carbons (Fsp3) is 0.0526. The molecule has 0 atom stereocenters. The van der Waals surface area contributed by atoms with Crippen molar-refractivity contribution < 1.29 is 0 Å². The molecule has 0 radical (unpaired) electrons. The lowest BCUT2D eigenvalue weighted by Crippen LogP contribution is -2.39.